The largest absolute Gasteiger partial charge is 0.352 e. The minimum absolute atomic E-state index is 0.105. The Morgan fingerprint density at radius 3 is 2.58 bits per heavy atom. The molecular formula is C28H26FN5OS. The van der Waals surface area contributed by atoms with Crippen LogP contribution in [0.1, 0.15) is 35.5 Å². The summed E-state index contributed by atoms with van der Waals surface area (Å²) >= 11 is 5.72. The molecule has 1 saturated heterocycles. The third-order valence-electron chi connectivity index (χ3n) is 6.31. The highest BCUT2D eigenvalue weighted by molar-refractivity contribution is 7.80. The van der Waals surface area contributed by atoms with Gasteiger partial charge in [0.1, 0.15) is 5.82 Å². The number of anilines is 1. The quantitative estimate of drug-likeness (QED) is 0.337. The molecule has 2 aromatic carbocycles. The molecule has 5 rings (SSSR count). The zero-order valence-electron chi connectivity index (χ0n) is 19.8. The van der Waals surface area contributed by atoms with E-state index in [1.807, 2.05) is 83.3 Å². The van der Waals surface area contributed by atoms with E-state index >= 15 is 0 Å². The SMILES string of the molecule is Cc1ccc(NC(=O)CCN2C(=S)N[C@@H](c3ccccn3)[C@H]2c2cccn2-c2ccccc2F)cc1. The maximum Gasteiger partial charge on any atom is 0.226 e. The van der Waals surface area contributed by atoms with Crippen molar-refractivity contribution in [1.82, 2.24) is 19.8 Å². The van der Waals surface area contributed by atoms with Gasteiger partial charge in [0.2, 0.25) is 5.91 Å². The molecular weight excluding hydrogens is 473 g/mol. The summed E-state index contributed by atoms with van der Waals surface area (Å²) in [7, 11) is 0. The average molecular weight is 500 g/mol. The van der Waals surface area contributed by atoms with E-state index in [0.717, 1.165) is 22.6 Å². The summed E-state index contributed by atoms with van der Waals surface area (Å²) in [6, 6.07) is 23.4. The number of para-hydroxylation sites is 1. The van der Waals surface area contributed by atoms with Crippen molar-refractivity contribution in [2.75, 3.05) is 11.9 Å². The second-order valence-electron chi connectivity index (χ2n) is 8.74. The first-order chi connectivity index (χ1) is 17.5. The molecule has 6 nitrogen and oxygen atoms in total. The van der Waals surface area contributed by atoms with Gasteiger partial charge in [0.25, 0.3) is 0 Å². The van der Waals surface area contributed by atoms with Crippen LogP contribution in [0.25, 0.3) is 5.69 Å². The van der Waals surface area contributed by atoms with Crippen molar-refractivity contribution < 1.29 is 9.18 Å². The first-order valence-corrected chi connectivity index (χ1v) is 12.2. The molecule has 0 aliphatic carbocycles. The third-order valence-corrected chi connectivity index (χ3v) is 6.66. The lowest BCUT2D eigenvalue weighted by Gasteiger charge is -2.29. The zero-order chi connectivity index (χ0) is 25.1. The van der Waals surface area contributed by atoms with Crippen LogP contribution in [0.5, 0.6) is 0 Å². The number of nitrogens with zero attached hydrogens (tertiary/aromatic N) is 3. The van der Waals surface area contributed by atoms with E-state index in [1.54, 1.807) is 18.3 Å². The molecule has 36 heavy (non-hydrogen) atoms. The standard InChI is InChI=1S/C28H26FN5OS/c1-19-11-13-20(14-12-19)31-25(35)15-18-34-27(26(32-28(34)36)22-8-4-5-16-30-22)24-10-6-17-33(24)23-9-3-2-7-21(23)29/h2-14,16-17,26-27H,15,18H2,1H3,(H,31,35)(H,32,36)/t26-,27+/m0/s1. The molecule has 2 atom stereocenters. The Labute approximate surface area is 214 Å². The van der Waals surface area contributed by atoms with Gasteiger partial charge in [-0.15, -0.1) is 0 Å². The molecule has 1 fully saturated rings. The van der Waals surface area contributed by atoms with Crippen molar-refractivity contribution in [2.24, 2.45) is 0 Å². The van der Waals surface area contributed by atoms with Gasteiger partial charge in [-0.2, -0.15) is 0 Å². The van der Waals surface area contributed by atoms with Gasteiger partial charge in [-0.1, -0.05) is 35.9 Å². The van der Waals surface area contributed by atoms with Gasteiger partial charge >= 0.3 is 0 Å². The number of carbonyl (C=O) groups is 1. The molecule has 4 aromatic rings. The lowest BCUT2D eigenvalue weighted by atomic mass is 10.0. The zero-order valence-corrected chi connectivity index (χ0v) is 20.6. The summed E-state index contributed by atoms with van der Waals surface area (Å²) in [5.41, 5.74) is 4.00. The van der Waals surface area contributed by atoms with Crippen LogP contribution in [0.4, 0.5) is 10.1 Å². The lowest BCUT2D eigenvalue weighted by Crippen LogP contribution is -2.33. The molecule has 8 heteroatoms. The van der Waals surface area contributed by atoms with E-state index in [-0.39, 0.29) is 30.2 Å². The van der Waals surface area contributed by atoms with Crippen LogP contribution in [0.15, 0.2) is 91.3 Å². The summed E-state index contributed by atoms with van der Waals surface area (Å²) < 4.78 is 16.6. The number of pyridine rings is 1. The number of benzene rings is 2. The summed E-state index contributed by atoms with van der Waals surface area (Å²) in [5, 5.41) is 6.86. The van der Waals surface area contributed by atoms with Crippen molar-refractivity contribution in [1.29, 1.82) is 0 Å². The summed E-state index contributed by atoms with van der Waals surface area (Å²) in [6.45, 7) is 2.39. The highest BCUT2D eigenvalue weighted by Crippen LogP contribution is 2.39. The molecule has 3 heterocycles. The molecule has 1 aliphatic rings. The monoisotopic (exact) mass is 499 g/mol. The molecule has 1 aliphatic heterocycles. The van der Waals surface area contributed by atoms with Crippen LogP contribution in [0, 0.1) is 12.7 Å². The first kappa shape index (κ1) is 23.7. The van der Waals surface area contributed by atoms with Crippen molar-refractivity contribution in [3.63, 3.8) is 0 Å². The Hall–Kier alpha value is -4.04. The number of carbonyl (C=O) groups excluding carboxylic acids is 1. The van der Waals surface area contributed by atoms with Crippen LogP contribution in [0.2, 0.25) is 0 Å². The normalized spacial score (nSPS) is 17.2. The summed E-state index contributed by atoms with van der Waals surface area (Å²) in [6.07, 6.45) is 3.82. The van der Waals surface area contributed by atoms with Gasteiger partial charge in [0.05, 0.1) is 23.5 Å². The van der Waals surface area contributed by atoms with E-state index in [0.29, 0.717) is 17.3 Å². The number of thiocarbonyl (C=S) groups is 1. The number of aromatic nitrogens is 2. The second-order valence-corrected chi connectivity index (χ2v) is 9.13. The van der Waals surface area contributed by atoms with Gasteiger partial charge < -0.3 is 20.1 Å². The minimum Gasteiger partial charge on any atom is -0.352 e. The number of amides is 1. The predicted octanol–water partition coefficient (Wildman–Crippen LogP) is 5.32. The Kier molecular flexibility index (Phi) is 6.77. The fraction of sp³-hybridized carbons (Fsp3) is 0.179. The number of hydrogen-bond donors (Lipinski definition) is 2. The fourth-order valence-corrected chi connectivity index (χ4v) is 4.88. The molecule has 0 unspecified atom stereocenters. The molecule has 2 aromatic heterocycles. The Morgan fingerprint density at radius 1 is 1.06 bits per heavy atom. The highest BCUT2D eigenvalue weighted by atomic mass is 32.1. The highest BCUT2D eigenvalue weighted by Gasteiger charge is 2.41. The predicted molar refractivity (Wildman–Crippen MR) is 142 cm³/mol. The topological polar surface area (TPSA) is 62.2 Å². The number of hydrogen-bond acceptors (Lipinski definition) is 3. The van der Waals surface area contributed by atoms with E-state index < -0.39 is 0 Å². The Balaban J connectivity index is 1.44. The van der Waals surface area contributed by atoms with E-state index in [1.165, 1.54) is 6.07 Å². The van der Waals surface area contributed by atoms with Crippen LogP contribution >= 0.6 is 12.2 Å². The second kappa shape index (κ2) is 10.3. The van der Waals surface area contributed by atoms with Gasteiger partial charge in [0, 0.05) is 36.7 Å². The average Bonchev–Trinajstić information content (AvgIpc) is 3.49. The molecule has 182 valence electrons. The first-order valence-electron chi connectivity index (χ1n) is 11.8. The van der Waals surface area contributed by atoms with Crippen molar-refractivity contribution in [3.05, 3.63) is 114 Å². The molecule has 0 spiro atoms. The van der Waals surface area contributed by atoms with Crippen LogP contribution < -0.4 is 10.6 Å². The van der Waals surface area contributed by atoms with Crippen LogP contribution in [0.3, 0.4) is 0 Å². The van der Waals surface area contributed by atoms with Crippen molar-refractivity contribution in [3.8, 4) is 5.69 Å². The van der Waals surface area contributed by atoms with E-state index in [9.17, 15) is 9.18 Å². The van der Waals surface area contributed by atoms with Gasteiger partial charge in [-0.05, 0) is 67.7 Å². The summed E-state index contributed by atoms with van der Waals surface area (Å²) in [4.78, 5) is 19.3. The lowest BCUT2D eigenvalue weighted by molar-refractivity contribution is -0.116. The molecule has 1 amide bonds. The number of nitrogens with one attached hydrogen (secondary N) is 2. The smallest absolute Gasteiger partial charge is 0.226 e. The number of rotatable bonds is 7. The van der Waals surface area contributed by atoms with Crippen molar-refractivity contribution in [2.45, 2.75) is 25.4 Å². The number of halogens is 1. The Morgan fingerprint density at radius 2 is 1.83 bits per heavy atom. The van der Waals surface area contributed by atoms with Crippen LogP contribution in [-0.2, 0) is 4.79 Å². The minimum atomic E-state index is -0.318. The molecule has 2 N–H and O–H groups in total. The van der Waals surface area contributed by atoms with E-state index in [4.69, 9.17) is 12.2 Å². The van der Waals surface area contributed by atoms with E-state index in [2.05, 4.69) is 15.6 Å². The maximum atomic E-state index is 14.8. The molecule has 0 saturated carbocycles. The third kappa shape index (κ3) is 4.85. The number of aryl methyl sites for hydroxylation is 1. The van der Waals surface area contributed by atoms with Gasteiger partial charge in [-0.25, -0.2) is 4.39 Å². The Bertz CT molecular complexity index is 1370. The summed E-state index contributed by atoms with van der Waals surface area (Å²) in [5.74, 6) is -0.423. The van der Waals surface area contributed by atoms with Crippen molar-refractivity contribution >= 4 is 28.9 Å². The fourth-order valence-electron chi connectivity index (χ4n) is 4.55. The molecule has 0 bridgehead atoms. The van der Waals surface area contributed by atoms with Gasteiger partial charge in [-0.3, -0.25) is 9.78 Å². The maximum absolute atomic E-state index is 14.8. The molecule has 0 radical (unpaired) electrons. The van der Waals surface area contributed by atoms with Gasteiger partial charge in [0.15, 0.2) is 5.11 Å². The van der Waals surface area contributed by atoms with Crippen LogP contribution in [-0.4, -0.2) is 32.0 Å².